The van der Waals surface area contributed by atoms with Crippen LogP contribution in [0.25, 0.3) is 11.1 Å². The highest BCUT2D eigenvalue weighted by Gasteiger charge is 2.50. The molecule has 4 aromatic rings. The third-order valence-electron chi connectivity index (χ3n) is 10.4. The third-order valence-corrected chi connectivity index (χ3v) is 10.4. The Bertz CT molecular complexity index is 1710. The van der Waals surface area contributed by atoms with E-state index >= 15 is 0 Å². The minimum Gasteiger partial charge on any atom is -0.392 e. The van der Waals surface area contributed by atoms with Crippen molar-refractivity contribution in [3.8, 4) is 11.1 Å². The van der Waals surface area contributed by atoms with Gasteiger partial charge in [-0.3, -0.25) is 14.7 Å². The molecule has 7 nitrogen and oxygen atoms in total. The van der Waals surface area contributed by atoms with Gasteiger partial charge < -0.3 is 19.9 Å². The minimum absolute atomic E-state index is 0.0287. The number of carbonyl (C=O) groups excluding carboxylic acids is 1. The lowest BCUT2D eigenvalue weighted by Crippen LogP contribution is -2.42. The largest absolute Gasteiger partial charge is 0.392 e. The van der Waals surface area contributed by atoms with Gasteiger partial charge in [0.15, 0.2) is 6.29 Å². The van der Waals surface area contributed by atoms with E-state index in [1.54, 1.807) is 24.5 Å². The van der Waals surface area contributed by atoms with Crippen molar-refractivity contribution in [1.82, 2.24) is 15.2 Å². The zero-order chi connectivity index (χ0) is 33.3. The van der Waals surface area contributed by atoms with Crippen LogP contribution < -0.4 is 5.32 Å². The Morgan fingerprint density at radius 1 is 0.917 bits per heavy atom. The Morgan fingerprint density at radius 3 is 2.46 bits per heavy atom. The molecule has 2 aliphatic heterocycles. The van der Waals surface area contributed by atoms with Crippen LogP contribution in [-0.4, -0.2) is 46.1 Å². The minimum atomic E-state index is -0.483. The number of nitrogens with zero attached hydrogens (tertiary/aromatic N) is 2. The van der Waals surface area contributed by atoms with Crippen molar-refractivity contribution in [2.75, 3.05) is 13.1 Å². The lowest BCUT2D eigenvalue weighted by atomic mass is 9.65. The number of ether oxygens (including phenoxy) is 2. The van der Waals surface area contributed by atoms with Crippen LogP contribution in [0.2, 0.25) is 0 Å². The van der Waals surface area contributed by atoms with E-state index < -0.39 is 6.29 Å². The molecule has 1 amide bonds. The molecule has 3 heterocycles. The smallest absolute Gasteiger partial charge is 0.253 e. The van der Waals surface area contributed by atoms with E-state index in [4.69, 9.17) is 9.47 Å². The van der Waals surface area contributed by atoms with E-state index in [0.29, 0.717) is 29.0 Å². The van der Waals surface area contributed by atoms with Crippen LogP contribution in [0.1, 0.15) is 91.5 Å². The quantitative estimate of drug-likeness (QED) is 0.195. The first-order chi connectivity index (χ1) is 23.1. The number of aliphatic hydroxyl groups is 1. The molecule has 1 aromatic heterocycles. The van der Waals surface area contributed by atoms with Gasteiger partial charge in [-0.05, 0) is 76.1 Å². The summed E-state index contributed by atoms with van der Waals surface area (Å²) in [6.07, 6.45) is 7.26. The van der Waals surface area contributed by atoms with Gasteiger partial charge in [0.2, 0.25) is 0 Å². The summed E-state index contributed by atoms with van der Waals surface area (Å²) >= 11 is 0. The average molecular weight is 646 g/mol. The number of hydrogen-bond donors (Lipinski definition) is 2. The fourth-order valence-electron chi connectivity index (χ4n) is 8.56. The number of nitrogens with one attached hydrogen (secondary N) is 1. The van der Waals surface area contributed by atoms with Gasteiger partial charge in [0.1, 0.15) is 0 Å². The first-order valence-electron chi connectivity index (χ1n) is 17.3. The zero-order valence-corrected chi connectivity index (χ0v) is 28.3. The molecule has 2 N–H and O–H groups in total. The Morgan fingerprint density at radius 2 is 1.71 bits per heavy atom. The van der Waals surface area contributed by atoms with Gasteiger partial charge in [-0.2, -0.15) is 0 Å². The number of likely N-dealkylation sites (tertiary alicyclic amines) is 1. The first-order valence-corrected chi connectivity index (χ1v) is 17.3. The van der Waals surface area contributed by atoms with Crippen LogP contribution in [0.15, 0.2) is 97.3 Å². The van der Waals surface area contributed by atoms with Gasteiger partial charge in [0.05, 0.1) is 24.4 Å². The van der Waals surface area contributed by atoms with Crippen molar-refractivity contribution in [3.63, 3.8) is 0 Å². The Labute approximate surface area is 284 Å². The molecule has 5 atom stereocenters. The third kappa shape index (κ3) is 7.40. The molecule has 3 aliphatic rings. The fraction of sp³-hybridized carbons (Fsp3) is 0.415. The summed E-state index contributed by atoms with van der Waals surface area (Å²) in [5, 5.41) is 12.6. The van der Waals surface area contributed by atoms with Crippen LogP contribution in [0.5, 0.6) is 0 Å². The molecule has 2 bridgehead atoms. The van der Waals surface area contributed by atoms with E-state index in [1.165, 1.54) is 19.3 Å². The molecule has 0 spiro atoms. The maximum Gasteiger partial charge on any atom is 0.253 e. The monoisotopic (exact) mass is 645 g/mol. The molecule has 0 radical (unpaired) electrons. The van der Waals surface area contributed by atoms with Crippen LogP contribution in [0.3, 0.4) is 0 Å². The van der Waals surface area contributed by atoms with Gasteiger partial charge in [-0.15, -0.1) is 0 Å². The fourth-order valence-corrected chi connectivity index (χ4v) is 8.56. The second kappa shape index (κ2) is 13.6. The van der Waals surface area contributed by atoms with E-state index in [9.17, 15) is 9.90 Å². The molecule has 5 unspecified atom stereocenters. The van der Waals surface area contributed by atoms with Crippen LogP contribution in [-0.2, 0) is 22.6 Å². The maximum absolute atomic E-state index is 12.5. The summed E-state index contributed by atoms with van der Waals surface area (Å²) in [4.78, 5) is 19.3. The summed E-state index contributed by atoms with van der Waals surface area (Å²) in [5.74, 6) is -0.142. The van der Waals surface area contributed by atoms with Crippen molar-refractivity contribution in [1.29, 1.82) is 0 Å². The Kier molecular flexibility index (Phi) is 9.22. The maximum atomic E-state index is 12.5. The molecule has 250 valence electrons. The SMILES string of the molecule is CC1(C)CC2CC(C)(CN2CC2CC(c3ccc(CO)cc3)OC(c3ccc(-c4cccc(CNC(=O)c5cccnc5)c4)cc3)O2)C1. The number of fused-ring (bicyclic) bond motifs is 2. The Hall–Kier alpha value is -3.88. The number of hydrogen-bond acceptors (Lipinski definition) is 6. The predicted molar refractivity (Wildman–Crippen MR) is 187 cm³/mol. The van der Waals surface area contributed by atoms with Crippen LogP contribution >= 0.6 is 0 Å². The molecule has 1 saturated carbocycles. The molecule has 3 aromatic carbocycles. The zero-order valence-electron chi connectivity index (χ0n) is 28.3. The van der Waals surface area contributed by atoms with Crippen molar-refractivity contribution >= 4 is 5.91 Å². The first kappa shape index (κ1) is 32.7. The summed E-state index contributed by atoms with van der Waals surface area (Å²) in [6, 6.07) is 29.0. The normalized spacial score (nSPS) is 26.7. The van der Waals surface area contributed by atoms with Crippen molar-refractivity contribution in [2.45, 2.75) is 84.1 Å². The van der Waals surface area contributed by atoms with Gasteiger partial charge in [0, 0.05) is 50.1 Å². The van der Waals surface area contributed by atoms with Crippen molar-refractivity contribution in [3.05, 3.63) is 125 Å². The summed E-state index contributed by atoms with van der Waals surface area (Å²) < 4.78 is 13.4. The molecular formula is C41H47N3O4. The van der Waals surface area contributed by atoms with Crippen molar-refractivity contribution in [2.24, 2.45) is 10.8 Å². The summed E-state index contributed by atoms with van der Waals surface area (Å²) in [6.45, 7) is 9.81. The number of benzene rings is 3. The van der Waals surface area contributed by atoms with Crippen LogP contribution in [0, 0.1) is 10.8 Å². The standard InChI is InChI=1S/C41H47N3O4/c1-40(2)20-35-21-41(3,26-40)27-44(35)24-36-19-37(31-11-9-28(25-45)10-12-31)48-39(47-36)32-15-13-30(14-16-32)33-7-4-6-29(18-33)22-43-38(46)34-8-5-17-42-23-34/h4-18,23,35-37,39,45H,19-22,24-27H2,1-3H3,(H,43,46). The molecule has 2 saturated heterocycles. The molecule has 3 fully saturated rings. The van der Waals surface area contributed by atoms with Gasteiger partial charge >= 0.3 is 0 Å². The Balaban J connectivity index is 1.07. The van der Waals surface area contributed by atoms with Crippen molar-refractivity contribution < 1.29 is 19.4 Å². The number of rotatable bonds is 9. The van der Waals surface area contributed by atoms with Gasteiger partial charge in [-0.1, -0.05) is 87.5 Å². The second-order valence-electron chi connectivity index (χ2n) is 15.2. The van der Waals surface area contributed by atoms with Gasteiger partial charge in [0.25, 0.3) is 5.91 Å². The van der Waals surface area contributed by atoms with E-state index in [1.807, 2.05) is 24.3 Å². The number of pyridine rings is 1. The molecule has 48 heavy (non-hydrogen) atoms. The molecular weight excluding hydrogens is 598 g/mol. The molecule has 7 rings (SSSR count). The summed E-state index contributed by atoms with van der Waals surface area (Å²) in [7, 11) is 0. The number of aliphatic hydroxyl groups excluding tert-OH is 1. The highest BCUT2D eigenvalue weighted by Crippen LogP contribution is 2.53. The highest BCUT2D eigenvalue weighted by atomic mass is 16.7. The van der Waals surface area contributed by atoms with E-state index in [-0.39, 0.29) is 24.7 Å². The number of amides is 1. The predicted octanol–water partition coefficient (Wildman–Crippen LogP) is 7.62. The summed E-state index contributed by atoms with van der Waals surface area (Å²) in [5.41, 5.74) is 7.48. The molecule has 1 aliphatic carbocycles. The lowest BCUT2D eigenvalue weighted by Gasteiger charge is -2.41. The van der Waals surface area contributed by atoms with Crippen LogP contribution in [0.4, 0.5) is 0 Å². The lowest BCUT2D eigenvalue weighted by molar-refractivity contribution is -0.253. The highest BCUT2D eigenvalue weighted by molar-refractivity contribution is 5.93. The molecule has 7 heteroatoms. The average Bonchev–Trinajstić information content (AvgIpc) is 3.34. The number of carbonyl (C=O) groups is 1. The second-order valence-corrected chi connectivity index (χ2v) is 15.2. The van der Waals surface area contributed by atoms with E-state index in [2.05, 4.69) is 84.5 Å². The topological polar surface area (TPSA) is 83.9 Å². The van der Waals surface area contributed by atoms with E-state index in [0.717, 1.165) is 52.9 Å². The number of aromatic nitrogens is 1. The van der Waals surface area contributed by atoms with Gasteiger partial charge in [-0.25, -0.2) is 0 Å².